The minimum absolute atomic E-state index is 0.105. The zero-order chi connectivity index (χ0) is 14.7. The Morgan fingerprint density at radius 1 is 1.40 bits per heavy atom. The number of aromatic nitrogens is 2. The van der Waals surface area contributed by atoms with E-state index in [-0.39, 0.29) is 12.1 Å². The molecule has 1 aromatic carbocycles. The number of imidazole rings is 1. The molecule has 0 spiro atoms. The summed E-state index contributed by atoms with van der Waals surface area (Å²) in [6.45, 7) is 2.67. The van der Waals surface area contributed by atoms with Crippen molar-refractivity contribution in [3.8, 4) is 0 Å². The molecule has 0 saturated carbocycles. The Labute approximate surface area is 125 Å². The summed E-state index contributed by atoms with van der Waals surface area (Å²) in [6.07, 6.45) is 3.67. The quantitative estimate of drug-likeness (QED) is 0.922. The van der Waals surface area contributed by atoms with Crippen LogP contribution in [-0.2, 0) is 7.05 Å². The monoisotopic (exact) mass is 292 g/mol. The molecule has 0 bridgehead atoms. The molecule has 0 aliphatic heterocycles. The van der Waals surface area contributed by atoms with Crippen LogP contribution in [0.4, 0.5) is 0 Å². The fourth-order valence-corrected chi connectivity index (χ4v) is 2.78. The molecular weight excluding hydrogens is 272 g/mol. The van der Waals surface area contributed by atoms with Crippen LogP contribution in [0.5, 0.6) is 0 Å². The molecule has 0 fully saturated rings. The van der Waals surface area contributed by atoms with Gasteiger partial charge in [-0.1, -0.05) is 29.8 Å². The Balaban J connectivity index is 2.27. The van der Waals surface area contributed by atoms with Gasteiger partial charge < -0.3 is 10.3 Å². The van der Waals surface area contributed by atoms with E-state index in [2.05, 4.69) is 29.9 Å². The summed E-state index contributed by atoms with van der Waals surface area (Å²) in [5, 5.41) is 0.785. The van der Waals surface area contributed by atoms with E-state index in [1.807, 2.05) is 36.0 Å². The Hall–Kier alpha value is -1.36. The first kappa shape index (κ1) is 15.0. The summed E-state index contributed by atoms with van der Waals surface area (Å²) in [4.78, 5) is 6.41. The van der Waals surface area contributed by atoms with E-state index in [4.69, 9.17) is 17.3 Å². The van der Waals surface area contributed by atoms with Gasteiger partial charge in [-0.2, -0.15) is 0 Å². The van der Waals surface area contributed by atoms with Gasteiger partial charge in [0.05, 0.1) is 18.1 Å². The van der Waals surface area contributed by atoms with Crippen LogP contribution in [0.25, 0.3) is 0 Å². The lowest BCUT2D eigenvalue weighted by Crippen LogP contribution is -2.34. The van der Waals surface area contributed by atoms with Gasteiger partial charge in [-0.25, -0.2) is 4.98 Å². The summed E-state index contributed by atoms with van der Waals surface area (Å²) in [6, 6.07) is 8.21. The van der Waals surface area contributed by atoms with E-state index in [0.717, 1.165) is 16.3 Å². The molecule has 1 aromatic heterocycles. The molecule has 2 unspecified atom stereocenters. The van der Waals surface area contributed by atoms with Crippen molar-refractivity contribution in [3.05, 3.63) is 53.1 Å². The lowest BCUT2D eigenvalue weighted by atomic mass is 10.0. The number of rotatable bonds is 5. The van der Waals surface area contributed by atoms with Gasteiger partial charge in [0.1, 0.15) is 0 Å². The van der Waals surface area contributed by atoms with Crippen molar-refractivity contribution < 1.29 is 0 Å². The summed E-state index contributed by atoms with van der Waals surface area (Å²) in [7, 11) is 4.05. The Morgan fingerprint density at radius 3 is 2.65 bits per heavy atom. The molecule has 2 aromatic rings. The van der Waals surface area contributed by atoms with E-state index in [0.29, 0.717) is 6.54 Å². The number of nitrogens with zero attached hydrogens (tertiary/aromatic N) is 3. The Bertz CT molecular complexity index is 567. The number of nitrogens with two attached hydrogens (primary N) is 1. The number of likely N-dealkylation sites (N-methyl/N-ethyl adjacent to an activating group) is 1. The zero-order valence-electron chi connectivity index (χ0n) is 12.1. The highest BCUT2D eigenvalue weighted by Crippen LogP contribution is 2.31. The second kappa shape index (κ2) is 6.39. The van der Waals surface area contributed by atoms with E-state index in [9.17, 15) is 0 Å². The van der Waals surface area contributed by atoms with Crippen molar-refractivity contribution in [2.24, 2.45) is 12.8 Å². The molecule has 2 N–H and O–H groups in total. The number of hydrogen-bond donors (Lipinski definition) is 1. The first-order chi connectivity index (χ1) is 9.56. The molecule has 0 aliphatic carbocycles. The fourth-order valence-electron chi connectivity index (χ4n) is 2.49. The third-order valence-electron chi connectivity index (χ3n) is 3.88. The zero-order valence-corrected chi connectivity index (χ0v) is 12.9. The third kappa shape index (κ3) is 2.87. The second-order valence-electron chi connectivity index (χ2n) is 5.04. The fraction of sp³-hybridized carbons (Fsp3) is 0.400. The van der Waals surface area contributed by atoms with Crippen molar-refractivity contribution in [1.82, 2.24) is 14.5 Å². The number of hydrogen-bond acceptors (Lipinski definition) is 3. The lowest BCUT2D eigenvalue weighted by molar-refractivity contribution is 0.184. The van der Waals surface area contributed by atoms with Crippen LogP contribution in [0, 0.1) is 0 Å². The van der Waals surface area contributed by atoms with Gasteiger partial charge in [-0.15, -0.1) is 0 Å². The van der Waals surface area contributed by atoms with Gasteiger partial charge in [0.15, 0.2) is 0 Å². The first-order valence-electron chi connectivity index (χ1n) is 6.69. The summed E-state index contributed by atoms with van der Waals surface area (Å²) in [5.74, 6) is 0. The summed E-state index contributed by atoms with van der Waals surface area (Å²) >= 11 is 6.29. The van der Waals surface area contributed by atoms with E-state index < -0.39 is 0 Å². The average Bonchev–Trinajstić information content (AvgIpc) is 2.86. The van der Waals surface area contributed by atoms with Crippen LogP contribution in [0.1, 0.15) is 30.3 Å². The average molecular weight is 293 g/mol. The first-order valence-corrected chi connectivity index (χ1v) is 7.06. The topological polar surface area (TPSA) is 47.1 Å². The van der Waals surface area contributed by atoms with E-state index in [1.54, 1.807) is 6.33 Å². The van der Waals surface area contributed by atoms with Crippen molar-refractivity contribution >= 4 is 11.6 Å². The number of halogens is 1. The lowest BCUT2D eigenvalue weighted by Gasteiger charge is -2.33. The highest BCUT2D eigenvalue weighted by atomic mass is 35.5. The Morgan fingerprint density at radius 2 is 2.10 bits per heavy atom. The van der Waals surface area contributed by atoms with Crippen LogP contribution >= 0.6 is 11.6 Å². The molecule has 2 rings (SSSR count). The minimum Gasteiger partial charge on any atom is -0.336 e. The van der Waals surface area contributed by atoms with Crippen LogP contribution < -0.4 is 5.73 Å². The maximum Gasteiger partial charge on any atom is 0.0946 e. The highest BCUT2D eigenvalue weighted by Gasteiger charge is 2.24. The van der Waals surface area contributed by atoms with Crippen LogP contribution in [-0.4, -0.2) is 28.0 Å². The molecular formula is C15H21ClN4. The molecule has 0 saturated heterocycles. The van der Waals surface area contributed by atoms with Crippen LogP contribution in [0.3, 0.4) is 0 Å². The Kier molecular flexibility index (Phi) is 4.81. The van der Waals surface area contributed by atoms with Gasteiger partial charge in [0, 0.05) is 30.9 Å². The molecule has 5 heteroatoms. The minimum atomic E-state index is 0.105. The molecule has 0 aliphatic rings. The summed E-state index contributed by atoms with van der Waals surface area (Å²) < 4.78 is 2.01. The molecule has 2 atom stereocenters. The normalized spacial score (nSPS) is 14.5. The van der Waals surface area contributed by atoms with Gasteiger partial charge in [-0.3, -0.25) is 4.90 Å². The molecule has 1 heterocycles. The summed E-state index contributed by atoms with van der Waals surface area (Å²) in [5.41, 5.74) is 8.19. The van der Waals surface area contributed by atoms with Crippen LogP contribution in [0.2, 0.25) is 5.02 Å². The maximum absolute atomic E-state index is 6.29. The highest BCUT2D eigenvalue weighted by molar-refractivity contribution is 6.31. The standard InChI is InChI=1S/C15H21ClN4/c1-11(12-6-4-5-7-13(12)16)20(3)14(8-17)15-9-18-10-19(15)2/h4-7,9-11,14H,8,17H2,1-3H3. The number of benzene rings is 1. The number of aryl methyl sites for hydroxylation is 1. The SMILES string of the molecule is CC(c1ccccc1Cl)N(C)C(CN)c1cncn1C. The molecule has 0 radical (unpaired) electrons. The van der Waals surface area contributed by atoms with E-state index in [1.165, 1.54) is 0 Å². The third-order valence-corrected chi connectivity index (χ3v) is 4.22. The predicted molar refractivity (Wildman–Crippen MR) is 82.6 cm³/mol. The van der Waals surface area contributed by atoms with Crippen molar-refractivity contribution in [1.29, 1.82) is 0 Å². The van der Waals surface area contributed by atoms with Gasteiger partial charge in [0.2, 0.25) is 0 Å². The van der Waals surface area contributed by atoms with E-state index >= 15 is 0 Å². The maximum atomic E-state index is 6.29. The molecule has 20 heavy (non-hydrogen) atoms. The second-order valence-corrected chi connectivity index (χ2v) is 5.45. The van der Waals surface area contributed by atoms with Crippen LogP contribution in [0.15, 0.2) is 36.8 Å². The molecule has 108 valence electrons. The smallest absolute Gasteiger partial charge is 0.0946 e. The van der Waals surface area contributed by atoms with Crippen molar-refractivity contribution in [2.45, 2.75) is 19.0 Å². The van der Waals surface area contributed by atoms with Gasteiger partial charge in [-0.05, 0) is 25.6 Å². The van der Waals surface area contributed by atoms with Crippen molar-refractivity contribution in [2.75, 3.05) is 13.6 Å². The predicted octanol–water partition coefficient (Wildman–Crippen LogP) is 2.77. The largest absolute Gasteiger partial charge is 0.336 e. The van der Waals surface area contributed by atoms with Crippen molar-refractivity contribution in [3.63, 3.8) is 0 Å². The van der Waals surface area contributed by atoms with Gasteiger partial charge >= 0.3 is 0 Å². The molecule has 0 amide bonds. The molecule has 4 nitrogen and oxygen atoms in total. The van der Waals surface area contributed by atoms with Gasteiger partial charge in [0.25, 0.3) is 0 Å².